The van der Waals surface area contributed by atoms with Crippen molar-refractivity contribution in [1.29, 1.82) is 0 Å². The summed E-state index contributed by atoms with van der Waals surface area (Å²) in [6.07, 6.45) is 4.36. The van der Waals surface area contributed by atoms with Crippen LogP contribution in [0.25, 0.3) is 11.1 Å². The van der Waals surface area contributed by atoms with Gasteiger partial charge >= 0.3 is 0 Å². The van der Waals surface area contributed by atoms with Crippen LogP contribution in [-0.4, -0.2) is 10.2 Å². The van der Waals surface area contributed by atoms with E-state index in [1.165, 1.54) is 0 Å². The molecule has 0 fully saturated rings. The molecule has 0 aromatic heterocycles. The molecule has 2 rings (SSSR count). The molecule has 2 aromatic rings. The summed E-state index contributed by atoms with van der Waals surface area (Å²) in [6.45, 7) is 5.83. The van der Waals surface area contributed by atoms with Gasteiger partial charge in [-0.1, -0.05) is 31.6 Å². The monoisotopic (exact) mass is 268 g/mol. The Bertz CT molecular complexity index is 615. The van der Waals surface area contributed by atoms with Gasteiger partial charge in [0, 0.05) is 0 Å². The SMILES string of the molecule is C=CCc1cc(-c2ccc(O)cc2CCC)ccc1O. The van der Waals surface area contributed by atoms with Crippen molar-refractivity contribution in [2.24, 2.45) is 0 Å². The number of hydrogen-bond donors (Lipinski definition) is 2. The Morgan fingerprint density at radius 3 is 2.55 bits per heavy atom. The van der Waals surface area contributed by atoms with Gasteiger partial charge in [-0.3, -0.25) is 0 Å². The maximum Gasteiger partial charge on any atom is 0.119 e. The highest BCUT2D eigenvalue weighted by Gasteiger charge is 2.08. The van der Waals surface area contributed by atoms with Crippen LogP contribution in [0, 0.1) is 0 Å². The summed E-state index contributed by atoms with van der Waals surface area (Å²) in [4.78, 5) is 0. The van der Waals surface area contributed by atoms with Gasteiger partial charge < -0.3 is 10.2 Å². The number of benzene rings is 2. The lowest BCUT2D eigenvalue weighted by Crippen LogP contribution is -1.91. The van der Waals surface area contributed by atoms with Gasteiger partial charge in [-0.25, -0.2) is 0 Å². The van der Waals surface area contributed by atoms with Crippen LogP contribution in [0.3, 0.4) is 0 Å². The molecule has 0 aliphatic carbocycles. The molecule has 0 amide bonds. The Morgan fingerprint density at radius 2 is 1.85 bits per heavy atom. The van der Waals surface area contributed by atoms with Crippen LogP contribution in [-0.2, 0) is 12.8 Å². The lowest BCUT2D eigenvalue weighted by Gasteiger charge is -2.12. The molecule has 0 aliphatic rings. The number of rotatable bonds is 5. The fourth-order valence-electron chi connectivity index (χ4n) is 2.41. The van der Waals surface area contributed by atoms with E-state index in [9.17, 15) is 10.2 Å². The minimum absolute atomic E-state index is 0.294. The maximum atomic E-state index is 9.84. The topological polar surface area (TPSA) is 40.5 Å². The van der Waals surface area contributed by atoms with E-state index in [-0.39, 0.29) is 0 Å². The fraction of sp³-hybridized carbons (Fsp3) is 0.222. The van der Waals surface area contributed by atoms with Crippen LogP contribution in [0.2, 0.25) is 0 Å². The first-order valence-electron chi connectivity index (χ1n) is 6.90. The number of phenols is 2. The van der Waals surface area contributed by atoms with Gasteiger partial charge in [-0.15, -0.1) is 6.58 Å². The normalized spacial score (nSPS) is 10.4. The summed E-state index contributed by atoms with van der Waals surface area (Å²) in [5, 5.41) is 19.5. The number of phenolic OH excluding ortho intramolecular Hbond substituents is 2. The molecule has 2 nitrogen and oxygen atoms in total. The molecule has 0 spiro atoms. The summed E-state index contributed by atoms with van der Waals surface area (Å²) >= 11 is 0. The van der Waals surface area contributed by atoms with Crippen LogP contribution in [0.15, 0.2) is 49.1 Å². The van der Waals surface area contributed by atoms with Crippen molar-refractivity contribution in [2.45, 2.75) is 26.2 Å². The van der Waals surface area contributed by atoms with E-state index in [1.54, 1.807) is 18.2 Å². The second kappa shape index (κ2) is 6.29. The molecule has 0 radical (unpaired) electrons. The first-order valence-corrected chi connectivity index (χ1v) is 6.90. The van der Waals surface area contributed by atoms with Gasteiger partial charge in [0.25, 0.3) is 0 Å². The Labute approximate surface area is 120 Å². The molecule has 2 N–H and O–H groups in total. The molecule has 0 saturated carbocycles. The third-order valence-electron chi connectivity index (χ3n) is 3.36. The molecular formula is C18H20O2. The van der Waals surface area contributed by atoms with Crippen LogP contribution in [0.5, 0.6) is 11.5 Å². The first-order chi connectivity index (χ1) is 9.65. The van der Waals surface area contributed by atoms with E-state index in [0.29, 0.717) is 17.9 Å². The van der Waals surface area contributed by atoms with Crippen molar-refractivity contribution >= 4 is 0 Å². The first kappa shape index (κ1) is 14.2. The number of hydrogen-bond acceptors (Lipinski definition) is 2. The predicted octanol–water partition coefficient (Wildman–Crippen LogP) is 4.45. The van der Waals surface area contributed by atoms with Crippen molar-refractivity contribution in [3.8, 4) is 22.6 Å². The zero-order valence-corrected chi connectivity index (χ0v) is 11.8. The summed E-state index contributed by atoms with van der Waals surface area (Å²) < 4.78 is 0. The second-order valence-electron chi connectivity index (χ2n) is 4.93. The van der Waals surface area contributed by atoms with Gasteiger partial charge in [0.05, 0.1) is 0 Å². The molecule has 104 valence electrons. The third-order valence-corrected chi connectivity index (χ3v) is 3.36. The molecule has 0 saturated heterocycles. The summed E-state index contributed by atoms with van der Waals surface area (Å²) in [6, 6.07) is 11.1. The number of aromatic hydroxyl groups is 2. The molecular weight excluding hydrogens is 248 g/mol. The van der Waals surface area contributed by atoms with E-state index in [2.05, 4.69) is 13.5 Å². The van der Waals surface area contributed by atoms with Crippen molar-refractivity contribution in [3.05, 3.63) is 60.2 Å². The van der Waals surface area contributed by atoms with E-state index in [1.807, 2.05) is 24.3 Å². The van der Waals surface area contributed by atoms with Gasteiger partial charge in [0.1, 0.15) is 11.5 Å². The third kappa shape index (κ3) is 3.02. The quantitative estimate of drug-likeness (QED) is 0.787. The molecule has 0 unspecified atom stereocenters. The molecule has 2 heteroatoms. The Hall–Kier alpha value is -2.22. The molecule has 0 heterocycles. The zero-order valence-electron chi connectivity index (χ0n) is 11.8. The van der Waals surface area contributed by atoms with E-state index < -0.39 is 0 Å². The fourth-order valence-corrected chi connectivity index (χ4v) is 2.41. The lowest BCUT2D eigenvalue weighted by atomic mass is 9.94. The van der Waals surface area contributed by atoms with Crippen molar-refractivity contribution in [3.63, 3.8) is 0 Å². The van der Waals surface area contributed by atoms with E-state index in [4.69, 9.17) is 0 Å². The Morgan fingerprint density at radius 1 is 1.05 bits per heavy atom. The lowest BCUT2D eigenvalue weighted by molar-refractivity contribution is 0.469. The highest BCUT2D eigenvalue weighted by Crippen LogP contribution is 2.31. The Kier molecular flexibility index (Phi) is 4.46. The minimum atomic E-state index is 0.294. The van der Waals surface area contributed by atoms with Gasteiger partial charge in [-0.05, 0) is 59.4 Å². The molecule has 2 aromatic carbocycles. The Balaban J connectivity index is 2.50. The maximum absolute atomic E-state index is 9.84. The smallest absolute Gasteiger partial charge is 0.119 e. The summed E-state index contributed by atoms with van der Waals surface area (Å²) in [5.74, 6) is 0.590. The standard InChI is InChI=1S/C18H20O2/c1-3-5-13-12-16(19)8-9-17(13)14-7-10-18(20)15(11-14)6-4-2/h4,7-12,19-20H,2-3,5-6H2,1H3. The molecule has 0 atom stereocenters. The van der Waals surface area contributed by atoms with E-state index in [0.717, 1.165) is 35.1 Å². The van der Waals surface area contributed by atoms with Gasteiger partial charge in [0.15, 0.2) is 0 Å². The highest BCUT2D eigenvalue weighted by molar-refractivity contribution is 5.70. The van der Waals surface area contributed by atoms with Crippen LogP contribution in [0.1, 0.15) is 24.5 Å². The number of allylic oxidation sites excluding steroid dienone is 1. The van der Waals surface area contributed by atoms with Gasteiger partial charge in [0.2, 0.25) is 0 Å². The largest absolute Gasteiger partial charge is 0.508 e. The second-order valence-corrected chi connectivity index (χ2v) is 4.93. The summed E-state index contributed by atoms with van der Waals surface area (Å²) in [5.41, 5.74) is 4.16. The van der Waals surface area contributed by atoms with Crippen molar-refractivity contribution in [1.82, 2.24) is 0 Å². The zero-order chi connectivity index (χ0) is 14.5. The van der Waals surface area contributed by atoms with E-state index >= 15 is 0 Å². The highest BCUT2D eigenvalue weighted by atomic mass is 16.3. The summed E-state index contributed by atoms with van der Waals surface area (Å²) in [7, 11) is 0. The predicted molar refractivity (Wildman–Crippen MR) is 83.1 cm³/mol. The number of aryl methyl sites for hydroxylation is 1. The minimum Gasteiger partial charge on any atom is -0.508 e. The van der Waals surface area contributed by atoms with Crippen molar-refractivity contribution < 1.29 is 10.2 Å². The van der Waals surface area contributed by atoms with Gasteiger partial charge in [-0.2, -0.15) is 0 Å². The van der Waals surface area contributed by atoms with Crippen molar-refractivity contribution in [2.75, 3.05) is 0 Å². The average Bonchev–Trinajstić information content (AvgIpc) is 2.42. The van der Waals surface area contributed by atoms with Crippen LogP contribution in [0.4, 0.5) is 0 Å². The van der Waals surface area contributed by atoms with Crippen LogP contribution < -0.4 is 0 Å². The molecule has 0 aliphatic heterocycles. The molecule has 0 bridgehead atoms. The molecule has 20 heavy (non-hydrogen) atoms. The van der Waals surface area contributed by atoms with Crippen LogP contribution >= 0.6 is 0 Å². The average molecular weight is 268 g/mol.